The molecule has 0 aromatic heterocycles. The van der Waals surface area contributed by atoms with Crippen molar-refractivity contribution >= 4 is 17.6 Å². The van der Waals surface area contributed by atoms with Gasteiger partial charge in [-0.3, -0.25) is 4.79 Å². The van der Waals surface area contributed by atoms with Crippen LogP contribution in [0.3, 0.4) is 0 Å². The standard InChI is InChI=1S/C17H17NO5/c1-10-5-11(2)7-13(6-10)23-9-16(20)18-12-3-4-14(17(21)22)15(19)8-12/h3-8,19H,9H2,1-2H3,(H,18,20)(H,21,22)/p-1. The second kappa shape index (κ2) is 6.83. The number of benzene rings is 2. The SMILES string of the molecule is Cc1cc(C)cc(OCC(=O)Nc2ccc(C(=O)O)c([O-])c2)c1. The topological polar surface area (TPSA) is 98.7 Å². The maximum absolute atomic E-state index is 11.8. The van der Waals surface area contributed by atoms with E-state index in [2.05, 4.69) is 5.32 Å². The second-order valence-corrected chi connectivity index (χ2v) is 5.18. The minimum Gasteiger partial charge on any atom is -0.872 e. The lowest BCUT2D eigenvalue weighted by Gasteiger charge is -2.13. The van der Waals surface area contributed by atoms with Gasteiger partial charge in [-0.2, -0.15) is 0 Å². The molecule has 1 amide bonds. The molecule has 0 spiro atoms. The molecule has 6 heteroatoms. The number of anilines is 1. The Balaban J connectivity index is 1.97. The van der Waals surface area contributed by atoms with E-state index in [1.54, 1.807) is 0 Å². The summed E-state index contributed by atoms with van der Waals surface area (Å²) in [6, 6.07) is 9.21. The monoisotopic (exact) mass is 314 g/mol. The number of carboxylic acids is 1. The van der Waals surface area contributed by atoms with Gasteiger partial charge < -0.3 is 20.3 Å². The van der Waals surface area contributed by atoms with Gasteiger partial charge in [0, 0.05) is 5.69 Å². The highest BCUT2D eigenvalue weighted by Crippen LogP contribution is 2.20. The van der Waals surface area contributed by atoms with Crippen molar-refractivity contribution < 1.29 is 24.5 Å². The molecule has 0 bridgehead atoms. The van der Waals surface area contributed by atoms with Gasteiger partial charge in [-0.05, 0) is 55.3 Å². The molecule has 2 rings (SSSR count). The van der Waals surface area contributed by atoms with Crippen LogP contribution in [0.1, 0.15) is 21.5 Å². The molecule has 0 aliphatic carbocycles. The Kier molecular flexibility index (Phi) is 4.85. The Hall–Kier alpha value is -3.02. The Labute approximate surface area is 133 Å². The zero-order valence-corrected chi connectivity index (χ0v) is 12.8. The van der Waals surface area contributed by atoms with Crippen LogP contribution >= 0.6 is 0 Å². The van der Waals surface area contributed by atoms with E-state index >= 15 is 0 Å². The summed E-state index contributed by atoms with van der Waals surface area (Å²) in [7, 11) is 0. The lowest BCUT2D eigenvalue weighted by atomic mass is 10.1. The normalized spacial score (nSPS) is 10.2. The van der Waals surface area contributed by atoms with Gasteiger partial charge in [-0.15, -0.1) is 0 Å². The van der Waals surface area contributed by atoms with Crippen molar-refractivity contribution in [3.05, 3.63) is 53.1 Å². The van der Waals surface area contributed by atoms with Gasteiger partial charge in [0.1, 0.15) is 5.75 Å². The van der Waals surface area contributed by atoms with Crippen LogP contribution in [0.4, 0.5) is 5.69 Å². The zero-order chi connectivity index (χ0) is 17.0. The van der Waals surface area contributed by atoms with Crippen LogP contribution in [-0.4, -0.2) is 23.6 Å². The highest BCUT2D eigenvalue weighted by atomic mass is 16.5. The summed E-state index contributed by atoms with van der Waals surface area (Å²) in [5.41, 5.74) is 1.95. The van der Waals surface area contributed by atoms with Crippen molar-refractivity contribution in [2.24, 2.45) is 0 Å². The third-order valence-corrected chi connectivity index (χ3v) is 3.06. The predicted octanol–water partition coefficient (Wildman–Crippen LogP) is 2.09. The molecule has 2 aromatic rings. The van der Waals surface area contributed by atoms with E-state index in [9.17, 15) is 14.7 Å². The number of ether oxygens (including phenoxy) is 1. The van der Waals surface area contributed by atoms with Gasteiger partial charge in [0.25, 0.3) is 5.91 Å². The van der Waals surface area contributed by atoms with E-state index in [1.165, 1.54) is 6.07 Å². The number of rotatable bonds is 5. The minimum absolute atomic E-state index is 0.211. The van der Waals surface area contributed by atoms with Crippen molar-refractivity contribution in [2.45, 2.75) is 13.8 Å². The van der Waals surface area contributed by atoms with Crippen LogP contribution in [0.25, 0.3) is 0 Å². The first-order chi connectivity index (χ1) is 10.8. The molecular formula is C17H16NO5-. The number of amides is 1. The number of hydrogen-bond donors (Lipinski definition) is 2. The van der Waals surface area contributed by atoms with Crippen molar-refractivity contribution in [1.82, 2.24) is 0 Å². The summed E-state index contributed by atoms with van der Waals surface area (Å²) in [6.07, 6.45) is 0. The number of aromatic carboxylic acids is 1. The first-order valence-electron chi connectivity index (χ1n) is 6.90. The van der Waals surface area contributed by atoms with E-state index in [0.29, 0.717) is 5.75 Å². The highest BCUT2D eigenvalue weighted by molar-refractivity contribution is 5.94. The molecule has 6 nitrogen and oxygen atoms in total. The fourth-order valence-electron chi connectivity index (χ4n) is 2.14. The van der Waals surface area contributed by atoms with Crippen LogP contribution < -0.4 is 15.2 Å². The van der Waals surface area contributed by atoms with Gasteiger partial charge in [-0.1, -0.05) is 11.8 Å². The number of carbonyl (C=O) groups is 2. The third-order valence-electron chi connectivity index (χ3n) is 3.06. The molecular weight excluding hydrogens is 298 g/mol. The lowest BCUT2D eigenvalue weighted by molar-refractivity contribution is -0.268. The first-order valence-corrected chi connectivity index (χ1v) is 6.90. The quantitative estimate of drug-likeness (QED) is 0.880. The van der Waals surface area contributed by atoms with E-state index in [0.717, 1.165) is 23.3 Å². The molecule has 23 heavy (non-hydrogen) atoms. The van der Waals surface area contributed by atoms with Crippen molar-refractivity contribution in [1.29, 1.82) is 0 Å². The third kappa shape index (κ3) is 4.47. The van der Waals surface area contributed by atoms with Crippen molar-refractivity contribution in [3.63, 3.8) is 0 Å². The predicted molar refractivity (Wildman–Crippen MR) is 82.9 cm³/mol. The summed E-state index contributed by atoms with van der Waals surface area (Å²) in [5.74, 6) is -1.81. The van der Waals surface area contributed by atoms with Crippen LogP contribution in [0.15, 0.2) is 36.4 Å². The average Bonchev–Trinajstić information content (AvgIpc) is 2.44. The Morgan fingerprint density at radius 3 is 2.35 bits per heavy atom. The van der Waals surface area contributed by atoms with E-state index in [-0.39, 0.29) is 17.9 Å². The van der Waals surface area contributed by atoms with E-state index < -0.39 is 17.6 Å². The van der Waals surface area contributed by atoms with Crippen LogP contribution in [-0.2, 0) is 4.79 Å². The minimum atomic E-state index is -1.30. The Morgan fingerprint density at radius 2 is 1.78 bits per heavy atom. The summed E-state index contributed by atoms with van der Waals surface area (Å²) in [5, 5.41) is 22.8. The molecule has 0 aliphatic rings. The fourth-order valence-corrected chi connectivity index (χ4v) is 2.14. The smallest absolute Gasteiger partial charge is 0.335 e. The lowest BCUT2D eigenvalue weighted by Crippen LogP contribution is -2.20. The molecule has 0 atom stereocenters. The number of carbonyl (C=O) groups excluding carboxylic acids is 1. The Morgan fingerprint density at radius 1 is 1.13 bits per heavy atom. The summed E-state index contributed by atoms with van der Waals surface area (Å²) < 4.78 is 5.41. The molecule has 0 aliphatic heterocycles. The largest absolute Gasteiger partial charge is 0.872 e. The molecule has 0 fully saturated rings. The molecule has 2 N–H and O–H groups in total. The number of hydrogen-bond acceptors (Lipinski definition) is 4. The maximum Gasteiger partial charge on any atom is 0.335 e. The van der Waals surface area contributed by atoms with Crippen LogP contribution in [0, 0.1) is 13.8 Å². The summed E-state index contributed by atoms with van der Waals surface area (Å²) in [4.78, 5) is 22.6. The maximum atomic E-state index is 11.8. The first kappa shape index (κ1) is 16.4. The Bertz CT molecular complexity index is 734. The highest BCUT2D eigenvalue weighted by Gasteiger charge is 2.07. The summed E-state index contributed by atoms with van der Waals surface area (Å²) in [6.45, 7) is 3.65. The molecule has 0 saturated heterocycles. The molecule has 2 aromatic carbocycles. The number of nitrogens with one attached hydrogen (secondary N) is 1. The van der Waals surface area contributed by atoms with Crippen LogP contribution in [0.5, 0.6) is 11.5 Å². The van der Waals surface area contributed by atoms with Gasteiger partial charge in [0.15, 0.2) is 6.61 Å². The van der Waals surface area contributed by atoms with Crippen LogP contribution in [0.2, 0.25) is 0 Å². The number of aryl methyl sites for hydroxylation is 2. The molecule has 0 unspecified atom stereocenters. The average molecular weight is 314 g/mol. The van der Waals surface area contributed by atoms with Gasteiger partial charge >= 0.3 is 5.97 Å². The fraction of sp³-hybridized carbons (Fsp3) is 0.176. The number of carboxylic acid groups (broad SMARTS) is 1. The summed E-state index contributed by atoms with van der Waals surface area (Å²) >= 11 is 0. The zero-order valence-electron chi connectivity index (χ0n) is 12.8. The van der Waals surface area contributed by atoms with Crippen molar-refractivity contribution in [3.8, 4) is 11.5 Å². The second-order valence-electron chi connectivity index (χ2n) is 5.18. The molecule has 0 saturated carbocycles. The van der Waals surface area contributed by atoms with Gasteiger partial charge in [0.05, 0.1) is 5.56 Å². The van der Waals surface area contributed by atoms with Gasteiger partial charge in [-0.25, -0.2) is 4.79 Å². The van der Waals surface area contributed by atoms with E-state index in [4.69, 9.17) is 9.84 Å². The molecule has 0 radical (unpaired) electrons. The van der Waals surface area contributed by atoms with Gasteiger partial charge in [0.2, 0.25) is 0 Å². The molecule has 120 valence electrons. The van der Waals surface area contributed by atoms with Crippen molar-refractivity contribution in [2.75, 3.05) is 11.9 Å². The molecule has 0 heterocycles. The van der Waals surface area contributed by atoms with E-state index in [1.807, 2.05) is 32.0 Å².